The van der Waals surface area contributed by atoms with Gasteiger partial charge in [0.1, 0.15) is 6.54 Å². The van der Waals surface area contributed by atoms with E-state index in [1.807, 2.05) is 24.3 Å². The monoisotopic (exact) mass is 452 g/mol. The molecule has 0 spiro atoms. The lowest BCUT2D eigenvalue weighted by Gasteiger charge is -2.10. The molecule has 0 saturated heterocycles. The van der Waals surface area contributed by atoms with Crippen molar-refractivity contribution in [3.05, 3.63) is 29.3 Å². The van der Waals surface area contributed by atoms with Crippen molar-refractivity contribution in [2.75, 3.05) is 19.4 Å². The molecular formula is C21H29ClN4O3S. The highest BCUT2D eigenvalue weighted by Crippen LogP contribution is 2.26. The van der Waals surface area contributed by atoms with Gasteiger partial charge in [-0.3, -0.25) is 9.59 Å². The van der Waals surface area contributed by atoms with E-state index in [9.17, 15) is 9.59 Å². The van der Waals surface area contributed by atoms with Gasteiger partial charge in [-0.2, -0.15) is 0 Å². The van der Waals surface area contributed by atoms with Crippen LogP contribution in [-0.2, 0) is 20.9 Å². The number of thioether (sulfide) groups is 1. The number of nitrogens with one attached hydrogen (secondary N) is 1. The molecular weight excluding hydrogens is 424 g/mol. The number of amides is 1. The molecule has 0 radical (unpaired) electrons. The lowest BCUT2D eigenvalue weighted by atomic mass is 10.1. The van der Waals surface area contributed by atoms with Crippen LogP contribution in [0.5, 0.6) is 0 Å². The third-order valence-electron chi connectivity index (χ3n) is 4.54. The first-order valence-electron chi connectivity index (χ1n) is 10.2. The van der Waals surface area contributed by atoms with Crippen molar-refractivity contribution in [2.24, 2.45) is 0 Å². The van der Waals surface area contributed by atoms with Crippen LogP contribution in [-0.4, -0.2) is 46.0 Å². The average molecular weight is 453 g/mol. The fraction of sp³-hybridized carbons (Fsp3) is 0.524. The van der Waals surface area contributed by atoms with Gasteiger partial charge in [0, 0.05) is 17.1 Å². The number of aromatic nitrogens is 3. The number of rotatable bonds is 13. The maximum absolute atomic E-state index is 12.0. The quantitative estimate of drug-likeness (QED) is 0.276. The van der Waals surface area contributed by atoms with E-state index < -0.39 is 5.97 Å². The number of benzene rings is 1. The van der Waals surface area contributed by atoms with Gasteiger partial charge in [0.15, 0.2) is 11.0 Å². The highest BCUT2D eigenvalue weighted by molar-refractivity contribution is 7.99. The second-order valence-electron chi connectivity index (χ2n) is 6.87. The maximum atomic E-state index is 12.0. The molecule has 30 heavy (non-hydrogen) atoms. The summed E-state index contributed by atoms with van der Waals surface area (Å²) in [5.74, 6) is 0.168. The van der Waals surface area contributed by atoms with E-state index in [1.54, 1.807) is 0 Å². The molecule has 0 bridgehead atoms. The van der Waals surface area contributed by atoms with Crippen LogP contribution in [0.3, 0.4) is 0 Å². The van der Waals surface area contributed by atoms with Gasteiger partial charge in [-0.25, -0.2) is 0 Å². The number of methoxy groups -OCH3 is 1. The van der Waals surface area contributed by atoms with Crippen LogP contribution in [0.25, 0.3) is 11.4 Å². The van der Waals surface area contributed by atoms with Crippen molar-refractivity contribution in [2.45, 2.75) is 57.1 Å². The van der Waals surface area contributed by atoms with E-state index in [4.69, 9.17) is 11.6 Å². The largest absolute Gasteiger partial charge is 0.468 e. The van der Waals surface area contributed by atoms with E-state index in [-0.39, 0.29) is 18.2 Å². The van der Waals surface area contributed by atoms with E-state index in [0.29, 0.717) is 10.2 Å². The van der Waals surface area contributed by atoms with Crippen LogP contribution in [0.15, 0.2) is 29.4 Å². The molecule has 7 nitrogen and oxygen atoms in total. The van der Waals surface area contributed by atoms with Crippen LogP contribution in [0, 0.1) is 0 Å². The van der Waals surface area contributed by atoms with Crippen molar-refractivity contribution in [3.63, 3.8) is 0 Å². The molecule has 0 aliphatic carbocycles. The second-order valence-corrected chi connectivity index (χ2v) is 8.25. The first kappa shape index (κ1) is 24.2. The first-order chi connectivity index (χ1) is 14.5. The number of nitrogens with zero attached hydrogens (tertiary/aromatic N) is 3. The Hall–Kier alpha value is -2.06. The molecule has 2 aromatic rings. The minimum absolute atomic E-state index is 0.142. The Morgan fingerprint density at radius 1 is 1.10 bits per heavy atom. The number of carbonyl (C=O) groups excluding carboxylic acids is 2. The summed E-state index contributed by atoms with van der Waals surface area (Å²) in [7, 11) is 1.28. The molecule has 1 aromatic carbocycles. The Kier molecular flexibility index (Phi) is 10.7. The predicted octanol–water partition coefficient (Wildman–Crippen LogP) is 4.34. The summed E-state index contributed by atoms with van der Waals surface area (Å²) in [4.78, 5) is 23.2. The third-order valence-corrected chi connectivity index (χ3v) is 5.76. The zero-order valence-corrected chi connectivity index (χ0v) is 19.1. The summed E-state index contributed by atoms with van der Waals surface area (Å²) in [6.45, 7) is 2.85. The minimum atomic E-state index is -0.482. The zero-order chi connectivity index (χ0) is 21.8. The van der Waals surface area contributed by atoms with Crippen LogP contribution in [0.2, 0.25) is 5.02 Å². The van der Waals surface area contributed by atoms with Crippen molar-refractivity contribution in [3.8, 4) is 11.4 Å². The molecule has 1 aromatic heterocycles. The number of carbonyl (C=O) groups is 2. The first-order valence-corrected chi connectivity index (χ1v) is 11.6. The highest BCUT2D eigenvalue weighted by Gasteiger charge is 2.16. The number of hydrogen-bond acceptors (Lipinski definition) is 6. The van der Waals surface area contributed by atoms with Crippen molar-refractivity contribution >= 4 is 35.2 Å². The van der Waals surface area contributed by atoms with Crippen LogP contribution in [0.4, 0.5) is 0 Å². The van der Waals surface area contributed by atoms with Gasteiger partial charge in [-0.15, -0.1) is 10.2 Å². The summed E-state index contributed by atoms with van der Waals surface area (Å²) in [6, 6.07) is 7.49. The van der Waals surface area contributed by atoms with Crippen LogP contribution >= 0.6 is 23.4 Å². The minimum Gasteiger partial charge on any atom is -0.468 e. The molecule has 2 rings (SSSR count). The van der Waals surface area contributed by atoms with Crippen LogP contribution < -0.4 is 5.32 Å². The Labute approximate surface area is 186 Å². The normalized spacial score (nSPS) is 10.8. The molecule has 1 amide bonds. The van der Waals surface area contributed by atoms with Gasteiger partial charge >= 0.3 is 5.97 Å². The topological polar surface area (TPSA) is 86.1 Å². The number of unbranched alkanes of at least 4 members (excludes halogenated alkanes) is 5. The van der Waals surface area contributed by atoms with E-state index >= 15 is 0 Å². The van der Waals surface area contributed by atoms with Gasteiger partial charge in [-0.1, -0.05) is 62.4 Å². The fourth-order valence-electron chi connectivity index (χ4n) is 2.88. The summed E-state index contributed by atoms with van der Waals surface area (Å²) in [5, 5.41) is 12.5. The smallest absolute Gasteiger partial charge is 0.325 e. The maximum Gasteiger partial charge on any atom is 0.325 e. The summed E-state index contributed by atoms with van der Waals surface area (Å²) in [5.41, 5.74) is 0.930. The lowest BCUT2D eigenvalue weighted by molar-refractivity contribution is -0.140. The Balaban J connectivity index is 2.03. The van der Waals surface area contributed by atoms with E-state index in [2.05, 4.69) is 31.7 Å². The predicted molar refractivity (Wildman–Crippen MR) is 120 cm³/mol. The molecule has 0 aliphatic heterocycles. The summed E-state index contributed by atoms with van der Waals surface area (Å²) in [6.07, 6.45) is 7.12. The van der Waals surface area contributed by atoms with Gasteiger partial charge in [0.25, 0.3) is 0 Å². The number of hydrogen-bond donors (Lipinski definition) is 1. The highest BCUT2D eigenvalue weighted by atomic mass is 35.5. The summed E-state index contributed by atoms with van der Waals surface area (Å²) >= 11 is 7.31. The van der Waals surface area contributed by atoms with Gasteiger partial charge in [-0.05, 0) is 30.7 Å². The summed E-state index contributed by atoms with van der Waals surface area (Å²) < 4.78 is 6.58. The van der Waals surface area contributed by atoms with E-state index in [1.165, 1.54) is 44.6 Å². The number of esters is 1. The van der Waals surface area contributed by atoms with Crippen molar-refractivity contribution in [1.29, 1.82) is 0 Å². The van der Waals surface area contributed by atoms with Gasteiger partial charge < -0.3 is 14.6 Å². The molecule has 0 aliphatic rings. The third kappa shape index (κ3) is 7.99. The molecule has 1 heterocycles. The molecule has 1 N–H and O–H groups in total. The Morgan fingerprint density at radius 3 is 2.50 bits per heavy atom. The number of halogens is 1. The average Bonchev–Trinajstić information content (AvgIpc) is 3.16. The van der Waals surface area contributed by atoms with Gasteiger partial charge in [0.05, 0.1) is 12.9 Å². The van der Waals surface area contributed by atoms with Crippen LogP contribution in [0.1, 0.15) is 45.4 Å². The molecule has 0 saturated carbocycles. The van der Waals surface area contributed by atoms with Crippen molar-refractivity contribution in [1.82, 2.24) is 20.1 Å². The Morgan fingerprint density at radius 2 is 1.80 bits per heavy atom. The van der Waals surface area contributed by atoms with E-state index in [0.717, 1.165) is 30.8 Å². The lowest BCUT2D eigenvalue weighted by Crippen LogP contribution is -2.31. The number of ether oxygens (including phenoxy) is 1. The molecule has 0 atom stereocenters. The Bertz CT molecular complexity index is 811. The molecule has 0 fully saturated rings. The SMILES string of the molecule is CCCCCCCCn1c(SCC(=O)NCC(=O)OC)nnc1-c1ccc(Cl)cc1. The molecule has 164 valence electrons. The molecule has 0 unspecified atom stereocenters. The second kappa shape index (κ2) is 13.3. The fourth-order valence-corrected chi connectivity index (χ4v) is 3.80. The zero-order valence-electron chi connectivity index (χ0n) is 17.5. The van der Waals surface area contributed by atoms with Crippen molar-refractivity contribution < 1.29 is 14.3 Å². The standard InChI is InChI=1S/C21H29ClN4O3S/c1-3-4-5-6-7-8-13-26-20(16-9-11-17(22)12-10-16)24-25-21(26)30-15-18(27)23-14-19(28)29-2/h9-12H,3-8,13-15H2,1-2H3,(H,23,27). The van der Waals surface area contributed by atoms with Gasteiger partial charge in [0.2, 0.25) is 5.91 Å². The molecule has 9 heteroatoms.